The number of hydrogen-bond donors (Lipinski definition) is 2. The number of carbonyl (C=O) groups is 1. The predicted molar refractivity (Wildman–Crippen MR) is 141 cm³/mol. The Kier molecular flexibility index (Phi) is 7.85. The first kappa shape index (κ1) is 25.6. The smallest absolute Gasteiger partial charge is 0.254 e. The molecule has 1 amide bonds. The van der Waals surface area contributed by atoms with E-state index < -0.39 is 11.6 Å². The van der Waals surface area contributed by atoms with Gasteiger partial charge in [0.2, 0.25) is 0 Å². The zero-order valence-electron chi connectivity index (χ0n) is 21.2. The van der Waals surface area contributed by atoms with Crippen molar-refractivity contribution in [2.75, 3.05) is 0 Å². The predicted octanol–water partition coefficient (Wildman–Crippen LogP) is 6.52. The average molecular weight is 490 g/mol. The fourth-order valence-electron chi connectivity index (χ4n) is 4.54. The maximum Gasteiger partial charge on any atom is 0.254 e. The van der Waals surface area contributed by atoms with Crippen LogP contribution in [0.1, 0.15) is 66.4 Å². The number of amides is 1. The van der Waals surface area contributed by atoms with E-state index in [4.69, 9.17) is 0 Å². The summed E-state index contributed by atoms with van der Waals surface area (Å²) in [7, 11) is 0. The van der Waals surface area contributed by atoms with Crippen molar-refractivity contribution < 1.29 is 13.6 Å². The molecule has 4 rings (SSSR count). The van der Waals surface area contributed by atoms with Crippen LogP contribution in [0.2, 0.25) is 0 Å². The first-order chi connectivity index (χ1) is 17.2. The third-order valence-corrected chi connectivity index (χ3v) is 6.28. The molecule has 188 valence electrons. The Hall–Kier alpha value is -3.51. The minimum absolute atomic E-state index is 0.0855. The van der Waals surface area contributed by atoms with Crippen LogP contribution in [0.3, 0.4) is 0 Å². The molecule has 6 heteroatoms. The van der Waals surface area contributed by atoms with Crippen LogP contribution in [0.25, 0.3) is 10.9 Å². The van der Waals surface area contributed by atoms with Gasteiger partial charge in [0.15, 0.2) is 11.6 Å². The Labute approximate surface area is 211 Å². The molecule has 4 aromatic rings. The molecule has 3 aromatic carbocycles. The summed E-state index contributed by atoms with van der Waals surface area (Å²) in [4.78, 5) is 13.6. The fourth-order valence-corrected chi connectivity index (χ4v) is 4.54. The van der Waals surface area contributed by atoms with Crippen molar-refractivity contribution in [1.82, 2.24) is 15.2 Å². The van der Waals surface area contributed by atoms with E-state index in [2.05, 4.69) is 67.2 Å². The molecule has 0 atom stereocenters. The van der Waals surface area contributed by atoms with E-state index in [0.717, 1.165) is 46.4 Å². The number of benzene rings is 3. The van der Waals surface area contributed by atoms with E-state index in [0.29, 0.717) is 23.7 Å². The molecule has 0 fully saturated rings. The highest BCUT2D eigenvalue weighted by atomic mass is 19.2. The highest BCUT2D eigenvalue weighted by molar-refractivity contribution is 6.08. The molecule has 1 heterocycles. The highest BCUT2D eigenvalue weighted by Crippen LogP contribution is 2.33. The minimum Gasteiger partial charge on any atom is -0.348 e. The lowest BCUT2D eigenvalue weighted by molar-refractivity contribution is 0.0951. The van der Waals surface area contributed by atoms with Crippen LogP contribution in [-0.4, -0.2) is 16.5 Å². The zero-order chi connectivity index (χ0) is 25.8. The quantitative estimate of drug-likeness (QED) is 0.281. The van der Waals surface area contributed by atoms with E-state index in [1.807, 2.05) is 24.3 Å². The monoisotopic (exact) mass is 489 g/mol. The van der Waals surface area contributed by atoms with Gasteiger partial charge in [-0.25, -0.2) is 8.78 Å². The van der Waals surface area contributed by atoms with Crippen LogP contribution in [-0.2, 0) is 19.6 Å². The van der Waals surface area contributed by atoms with Gasteiger partial charge in [0.1, 0.15) is 0 Å². The van der Waals surface area contributed by atoms with Gasteiger partial charge in [-0.1, -0.05) is 76.2 Å². The summed E-state index contributed by atoms with van der Waals surface area (Å²) in [5, 5.41) is 7.27. The second-order valence-electron chi connectivity index (χ2n) is 9.80. The molecule has 0 aliphatic heterocycles. The lowest BCUT2D eigenvalue weighted by Gasteiger charge is -2.16. The first-order valence-corrected chi connectivity index (χ1v) is 12.4. The standard InChI is InChI=1S/C30H33F2N3O/c1-19(2)29-28(30(36)34-17-22-11-13-25(31)26(32)14-22)24-12-10-23(16-33-20(3)4)15-27(24)35(29)18-21-8-6-5-7-9-21/h5-15,19-20,33H,16-18H2,1-4H3,(H,34,36). The van der Waals surface area contributed by atoms with Gasteiger partial charge in [0, 0.05) is 42.3 Å². The van der Waals surface area contributed by atoms with Crippen LogP contribution in [0, 0.1) is 11.6 Å². The Morgan fingerprint density at radius 3 is 2.19 bits per heavy atom. The normalized spacial score (nSPS) is 11.6. The van der Waals surface area contributed by atoms with Gasteiger partial charge in [0.05, 0.1) is 5.56 Å². The molecular formula is C30H33F2N3O. The van der Waals surface area contributed by atoms with E-state index in [1.165, 1.54) is 6.07 Å². The Balaban J connectivity index is 1.77. The van der Waals surface area contributed by atoms with E-state index in [1.54, 1.807) is 0 Å². The summed E-state index contributed by atoms with van der Waals surface area (Å²) in [6.07, 6.45) is 0. The van der Waals surface area contributed by atoms with Crippen molar-refractivity contribution in [3.8, 4) is 0 Å². The maximum atomic E-state index is 13.7. The largest absolute Gasteiger partial charge is 0.348 e. The van der Waals surface area contributed by atoms with E-state index in [9.17, 15) is 13.6 Å². The summed E-state index contributed by atoms with van der Waals surface area (Å²) in [5.41, 5.74) is 5.38. The number of nitrogens with one attached hydrogen (secondary N) is 2. The number of carbonyl (C=O) groups excluding carboxylic acids is 1. The van der Waals surface area contributed by atoms with Crippen molar-refractivity contribution in [3.63, 3.8) is 0 Å². The van der Waals surface area contributed by atoms with Crippen molar-refractivity contribution in [2.45, 2.75) is 59.3 Å². The zero-order valence-corrected chi connectivity index (χ0v) is 21.2. The van der Waals surface area contributed by atoms with Gasteiger partial charge in [0.25, 0.3) is 5.91 Å². The summed E-state index contributed by atoms with van der Waals surface area (Å²) in [6, 6.07) is 20.5. The third kappa shape index (κ3) is 5.65. The summed E-state index contributed by atoms with van der Waals surface area (Å²) in [6.45, 7) is 9.88. The van der Waals surface area contributed by atoms with Crippen LogP contribution >= 0.6 is 0 Å². The summed E-state index contributed by atoms with van der Waals surface area (Å²) >= 11 is 0. The Bertz CT molecular complexity index is 1360. The second-order valence-corrected chi connectivity index (χ2v) is 9.80. The van der Waals surface area contributed by atoms with Crippen LogP contribution in [0.15, 0.2) is 66.7 Å². The second kappa shape index (κ2) is 11.0. The maximum absolute atomic E-state index is 13.7. The molecule has 36 heavy (non-hydrogen) atoms. The molecule has 0 bridgehead atoms. The molecule has 0 saturated carbocycles. The topological polar surface area (TPSA) is 46.1 Å². The van der Waals surface area contributed by atoms with E-state index >= 15 is 0 Å². The number of rotatable bonds is 9. The number of aromatic nitrogens is 1. The summed E-state index contributed by atoms with van der Waals surface area (Å²) < 4.78 is 29.2. The van der Waals surface area contributed by atoms with Crippen LogP contribution < -0.4 is 10.6 Å². The van der Waals surface area contributed by atoms with Crippen molar-refractivity contribution in [1.29, 1.82) is 0 Å². The number of nitrogens with zero attached hydrogens (tertiary/aromatic N) is 1. The van der Waals surface area contributed by atoms with Gasteiger partial charge in [-0.3, -0.25) is 4.79 Å². The molecule has 1 aromatic heterocycles. The van der Waals surface area contributed by atoms with Gasteiger partial charge in [-0.05, 0) is 40.8 Å². The minimum atomic E-state index is -0.924. The highest BCUT2D eigenvalue weighted by Gasteiger charge is 2.25. The first-order valence-electron chi connectivity index (χ1n) is 12.4. The summed E-state index contributed by atoms with van der Waals surface area (Å²) in [5.74, 6) is -1.97. The van der Waals surface area contributed by atoms with E-state index in [-0.39, 0.29) is 18.4 Å². The Morgan fingerprint density at radius 1 is 0.833 bits per heavy atom. The average Bonchev–Trinajstić information content (AvgIpc) is 3.17. The lowest BCUT2D eigenvalue weighted by Crippen LogP contribution is -2.24. The molecule has 0 radical (unpaired) electrons. The van der Waals surface area contributed by atoms with Gasteiger partial charge >= 0.3 is 0 Å². The van der Waals surface area contributed by atoms with Crippen LogP contribution in [0.4, 0.5) is 8.78 Å². The molecule has 0 unspecified atom stereocenters. The molecule has 0 aliphatic rings. The lowest BCUT2D eigenvalue weighted by atomic mass is 10.0. The third-order valence-electron chi connectivity index (χ3n) is 6.28. The van der Waals surface area contributed by atoms with Crippen LogP contribution in [0.5, 0.6) is 0 Å². The van der Waals surface area contributed by atoms with Crippen molar-refractivity contribution >= 4 is 16.8 Å². The van der Waals surface area contributed by atoms with Crippen molar-refractivity contribution in [3.05, 3.63) is 106 Å². The van der Waals surface area contributed by atoms with Gasteiger partial charge in [-0.2, -0.15) is 0 Å². The molecule has 2 N–H and O–H groups in total. The number of hydrogen-bond acceptors (Lipinski definition) is 2. The molecular weight excluding hydrogens is 456 g/mol. The number of fused-ring (bicyclic) bond motifs is 1. The van der Waals surface area contributed by atoms with Gasteiger partial charge < -0.3 is 15.2 Å². The van der Waals surface area contributed by atoms with Gasteiger partial charge in [-0.15, -0.1) is 0 Å². The molecule has 4 nitrogen and oxygen atoms in total. The molecule has 0 spiro atoms. The Morgan fingerprint density at radius 2 is 1.53 bits per heavy atom. The number of halogens is 2. The molecule has 0 saturated heterocycles. The fraction of sp³-hybridized carbons (Fsp3) is 0.300. The molecule has 0 aliphatic carbocycles. The van der Waals surface area contributed by atoms with Crippen molar-refractivity contribution in [2.24, 2.45) is 0 Å². The SMILES string of the molecule is CC(C)NCc1ccc2c(C(=O)NCc3ccc(F)c(F)c3)c(C(C)C)n(Cc3ccccc3)c2c1.